The van der Waals surface area contributed by atoms with Gasteiger partial charge in [-0.05, 0) is 36.2 Å². The molecule has 0 aliphatic rings. The number of aromatic nitrogens is 1. The molecule has 6 nitrogen and oxygen atoms in total. The van der Waals surface area contributed by atoms with Crippen molar-refractivity contribution in [1.82, 2.24) is 4.98 Å². The van der Waals surface area contributed by atoms with Crippen LogP contribution in [0.1, 0.15) is 18.9 Å². The van der Waals surface area contributed by atoms with Crippen LogP contribution in [-0.2, 0) is 6.54 Å². The van der Waals surface area contributed by atoms with E-state index in [4.69, 9.17) is 10.5 Å². The largest absolute Gasteiger partial charge is 0.573 e. The molecule has 0 fully saturated rings. The van der Waals surface area contributed by atoms with Gasteiger partial charge in [-0.25, -0.2) is 9.98 Å². The molecule has 1 aromatic heterocycles. The molecular weight excluding hydrogens is 476 g/mol. The van der Waals surface area contributed by atoms with Crippen LogP contribution in [0.25, 0.3) is 0 Å². The molecule has 148 valence electrons. The summed E-state index contributed by atoms with van der Waals surface area (Å²) in [5.41, 5.74) is 7.10. The number of alkyl halides is 3. The summed E-state index contributed by atoms with van der Waals surface area (Å²) in [7, 11) is 0. The number of nitrogens with zero attached hydrogens (tertiary/aromatic N) is 2. The molecule has 0 aliphatic heterocycles. The monoisotopic (exact) mass is 496 g/mol. The van der Waals surface area contributed by atoms with Crippen LogP contribution in [-0.4, -0.2) is 23.9 Å². The molecule has 27 heavy (non-hydrogen) atoms. The van der Waals surface area contributed by atoms with Crippen molar-refractivity contribution in [2.45, 2.75) is 26.3 Å². The first-order valence-electron chi connectivity index (χ1n) is 7.86. The quantitative estimate of drug-likeness (QED) is 0.339. The molecule has 0 bridgehead atoms. The number of hydrogen-bond acceptors (Lipinski definition) is 4. The van der Waals surface area contributed by atoms with E-state index in [9.17, 15) is 13.2 Å². The van der Waals surface area contributed by atoms with E-state index in [-0.39, 0.29) is 35.7 Å². The highest BCUT2D eigenvalue weighted by molar-refractivity contribution is 14.0. The molecule has 10 heteroatoms. The van der Waals surface area contributed by atoms with Gasteiger partial charge in [-0.15, -0.1) is 37.1 Å². The molecule has 0 radical (unpaired) electrons. The van der Waals surface area contributed by atoms with Gasteiger partial charge in [0, 0.05) is 18.0 Å². The number of hydrogen-bond donors (Lipinski definition) is 2. The molecule has 2 rings (SSSR count). The van der Waals surface area contributed by atoms with Crippen LogP contribution in [0, 0.1) is 0 Å². The number of pyridine rings is 1. The molecule has 2 aromatic rings. The van der Waals surface area contributed by atoms with Crippen molar-refractivity contribution in [3.8, 4) is 11.6 Å². The number of halogens is 4. The summed E-state index contributed by atoms with van der Waals surface area (Å²) in [6.45, 7) is 2.92. The van der Waals surface area contributed by atoms with Gasteiger partial charge < -0.3 is 20.5 Å². The number of benzene rings is 1. The molecular formula is C17H20F3IN4O2. The van der Waals surface area contributed by atoms with E-state index in [0.717, 1.165) is 12.0 Å². The highest BCUT2D eigenvalue weighted by atomic mass is 127. The second kappa shape index (κ2) is 10.8. The van der Waals surface area contributed by atoms with E-state index in [0.29, 0.717) is 24.7 Å². The van der Waals surface area contributed by atoms with Crippen molar-refractivity contribution >= 4 is 35.6 Å². The molecule has 1 aromatic carbocycles. The Kier molecular flexibility index (Phi) is 9.12. The molecule has 0 spiro atoms. The molecule has 0 aliphatic carbocycles. The van der Waals surface area contributed by atoms with Crippen LogP contribution in [0.5, 0.6) is 11.6 Å². The fourth-order valence-corrected chi connectivity index (χ4v) is 1.90. The topological polar surface area (TPSA) is 81.8 Å². The second-order valence-corrected chi connectivity index (χ2v) is 5.25. The fraction of sp³-hybridized carbons (Fsp3) is 0.294. The molecule has 0 amide bonds. The lowest BCUT2D eigenvalue weighted by atomic mass is 10.3. The van der Waals surface area contributed by atoms with Gasteiger partial charge in [-0.2, -0.15) is 0 Å². The lowest BCUT2D eigenvalue weighted by molar-refractivity contribution is -0.274. The van der Waals surface area contributed by atoms with Gasteiger partial charge in [-0.1, -0.05) is 13.0 Å². The van der Waals surface area contributed by atoms with Gasteiger partial charge in [0.1, 0.15) is 5.75 Å². The third-order valence-corrected chi connectivity index (χ3v) is 3.04. The zero-order valence-corrected chi connectivity index (χ0v) is 16.8. The Balaban J connectivity index is 0.00000364. The molecule has 0 atom stereocenters. The predicted octanol–water partition coefficient (Wildman–Crippen LogP) is 4.31. The first-order chi connectivity index (χ1) is 12.4. The van der Waals surface area contributed by atoms with Gasteiger partial charge in [0.15, 0.2) is 5.96 Å². The number of ether oxygens (including phenoxy) is 2. The number of anilines is 1. The predicted molar refractivity (Wildman–Crippen MR) is 108 cm³/mol. The molecule has 0 saturated carbocycles. The maximum atomic E-state index is 12.1. The molecule has 0 saturated heterocycles. The van der Waals surface area contributed by atoms with Crippen LogP contribution in [0.3, 0.4) is 0 Å². The van der Waals surface area contributed by atoms with E-state index in [2.05, 4.69) is 20.0 Å². The summed E-state index contributed by atoms with van der Waals surface area (Å²) in [6.07, 6.45) is -2.18. The third kappa shape index (κ3) is 8.80. The number of rotatable bonds is 7. The van der Waals surface area contributed by atoms with E-state index in [1.807, 2.05) is 13.0 Å². The third-order valence-electron chi connectivity index (χ3n) is 3.04. The SMILES string of the molecule is CCCOc1ccc(CN=C(N)Nc2ccc(OC(F)(F)F)cc2)cn1.I. The zero-order valence-electron chi connectivity index (χ0n) is 14.5. The van der Waals surface area contributed by atoms with Crippen molar-refractivity contribution in [2.75, 3.05) is 11.9 Å². The Hall–Kier alpha value is -2.24. The normalized spacial score (nSPS) is 11.5. The minimum atomic E-state index is -4.72. The van der Waals surface area contributed by atoms with Gasteiger partial charge in [0.25, 0.3) is 0 Å². The summed E-state index contributed by atoms with van der Waals surface area (Å²) in [6, 6.07) is 8.77. The van der Waals surface area contributed by atoms with E-state index < -0.39 is 6.36 Å². The van der Waals surface area contributed by atoms with Crippen molar-refractivity contribution in [2.24, 2.45) is 10.7 Å². The maximum absolute atomic E-state index is 12.1. The molecule has 0 unspecified atom stereocenters. The number of nitrogens with two attached hydrogens (primary N) is 1. The fourth-order valence-electron chi connectivity index (χ4n) is 1.90. The maximum Gasteiger partial charge on any atom is 0.573 e. The number of guanidine groups is 1. The Labute approximate surface area is 172 Å². The van der Waals surface area contributed by atoms with Gasteiger partial charge in [-0.3, -0.25) is 0 Å². The van der Waals surface area contributed by atoms with Crippen LogP contribution >= 0.6 is 24.0 Å². The second-order valence-electron chi connectivity index (χ2n) is 5.25. The van der Waals surface area contributed by atoms with Gasteiger partial charge in [0.2, 0.25) is 5.88 Å². The van der Waals surface area contributed by atoms with Crippen molar-refractivity contribution in [3.63, 3.8) is 0 Å². The zero-order chi connectivity index (χ0) is 19.0. The van der Waals surface area contributed by atoms with E-state index >= 15 is 0 Å². The summed E-state index contributed by atoms with van der Waals surface area (Å²) in [5, 5.41) is 2.79. The summed E-state index contributed by atoms with van der Waals surface area (Å²) >= 11 is 0. The summed E-state index contributed by atoms with van der Waals surface area (Å²) in [5.74, 6) is 0.364. The standard InChI is InChI=1S/C17H19F3N4O2.HI/c1-2-9-25-15-8-3-12(10-22-15)11-23-16(21)24-13-4-6-14(7-5-13)26-17(18,19)20;/h3-8,10H,2,9,11H2,1H3,(H3,21,23,24);1H. The van der Waals surface area contributed by atoms with Crippen molar-refractivity contribution in [1.29, 1.82) is 0 Å². The highest BCUT2D eigenvalue weighted by Crippen LogP contribution is 2.23. The first kappa shape index (κ1) is 22.8. The Bertz CT molecular complexity index is 722. The minimum Gasteiger partial charge on any atom is -0.478 e. The lowest BCUT2D eigenvalue weighted by Crippen LogP contribution is -2.22. The first-order valence-corrected chi connectivity index (χ1v) is 7.86. The van der Waals surface area contributed by atoms with Gasteiger partial charge in [0.05, 0.1) is 13.2 Å². The average molecular weight is 496 g/mol. The average Bonchev–Trinajstić information content (AvgIpc) is 2.59. The number of aliphatic imine (C=N–C) groups is 1. The Morgan fingerprint density at radius 3 is 2.44 bits per heavy atom. The van der Waals surface area contributed by atoms with Crippen LogP contribution in [0.15, 0.2) is 47.6 Å². The van der Waals surface area contributed by atoms with Crippen LogP contribution in [0.2, 0.25) is 0 Å². The number of nitrogens with one attached hydrogen (secondary N) is 1. The van der Waals surface area contributed by atoms with Gasteiger partial charge >= 0.3 is 6.36 Å². The Morgan fingerprint density at radius 1 is 1.19 bits per heavy atom. The molecule has 1 heterocycles. The van der Waals surface area contributed by atoms with Crippen molar-refractivity contribution < 1.29 is 22.6 Å². The van der Waals surface area contributed by atoms with E-state index in [1.165, 1.54) is 24.3 Å². The molecule has 3 N–H and O–H groups in total. The van der Waals surface area contributed by atoms with Crippen LogP contribution in [0.4, 0.5) is 18.9 Å². The minimum absolute atomic E-state index is 0. The Morgan fingerprint density at radius 2 is 1.89 bits per heavy atom. The summed E-state index contributed by atoms with van der Waals surface area (Å²) in [4.78, 5) is 8.31. The lowest BCUT2D eigenvalue weighted by Gasteiger charge is -2.10. The van der Waals surface area contributed by atoms with Crippen molar-refractivity contribution in [3.05, 3.63) is 48.2 Å². The highest BCUT2D eigenvalue weighted by Gasteiger charge is 2.30. The smallest absolute Gasteiger partial charge is 0.478 e. The van der Waals surface area contributed by atoms with Crippen LogP contribution < -0.4 is 20.5 Å². The summed E-state index contributed by atoms with van der Waals surface area (Å²) < 4.78 is 45.5. The van der Waals surface area contributed by atoms with E-state index in [1.54, 1.807) is 12.3 Å².